The highest BCUT2D eigenvalue weighted by molar-refractivity contribution is 5.92. The monoisotopic (exact) mass is 281 g/mol. The van der Waals surface area contributed by atoms with E-state index < -0.39 is 5.79 Å². The SMILES string of the molecule is NCCc1nc(C(=O)N2CCC3(CC2)OCCO3)co1. The first-order valence-corrected chi connectivity index (χ1v) is 6.94. The zero-order chi connectivity index (χ0) is 14.0. The summed E-state index contributed by atoms with van der Waals surface area (Å²) in [5.74, 6) is -0.0673. The number of hydrogen-bond acceptors (Lipinski definition) is 6. The van der Waals surface area contributed by atoms with Crippen LogP contribution in [0.15, 0.2) is 10.7 Å². The van der Waals surface area contributed by atoms with E-state index in [1.165, 1.54) is 6.26 Å². The van der Waals surface area contributed by atoms with E-state index in [9.17, 15) is 4.79 Å². The highest BCUT2D eigenvalue weighted by atomic mass is 16.7. The normalized spacial score (nSPS) is 21.6. The van der Waals surface area contributed by atoms with Gasteiger partial charge in [-0.1, -0.05) is 0 Å². The smallest absolute Gasteiger partial charge is 0.275 e. The Balaban J connectivity index is 1.60. The maximum atomic E-state index is 12.3. The van der Waals surface area contributed by atoms with Crippen molar-refractivity contribution in [2.24, 2.45) is 5.73 Å². The fourth-order valence-electron chi connectivity index (χ4n) is 2.65. The van der Waals surface area contributed by atoms with Crippen molar-refractivity contribution in [1.82, 2.24) is 9.88 Å². The Kier molecular flexibility index (Phi) is 3.73. The Morgan fingerprint density at radius 3 is 2.70 bits per heavy atom. The molecule has 0 radical (unpaired) electrons. The lowest BCUT2D eigenvalue weighted by Crippen LogP contribution is -2.47. The average Bonchev–Trinajstić information content (AvgIpc) is 3.10. The van der Waals surface area contributed by atoms with Crippen LogP contribution in [-0.2, 0) is 15.9 Å². The van der Waals surface area contributed by atoms with E-state index >= 15 is 0 Å². The lowest BCUT2D eigenvalue weighted by atomic mass is 10.0. The molecule has 110 valence electrons. The number of likely N-dealkylation sites (tertiary alicyclic amines) is 1. The minimum absolute atomic E-state index is 0.107. The van der Waals surface area contributed by atoms with Crippen molar-refractivity contribution in [2.45, 2.75) is 25.0 Å². The summed E-state index contributed by atoms with van der Waals surface area (Å²) in [6.07, 6.45) is 3.34. The topological polar surface area (TPSA) is 90.8 Å². The molecule has 0 aromatic carbocycles. The van der Waals surface area contributed by atoms with Crippen LogP contribution in [0.3, 0.4) is 0 Å². The lowest BCUT2D eigenvalue weighted by molar-refractivity contribution is -0.181. The zero-order valence-electron chi connectivity index (χ0n) is 11.3. The number of carbonyl (C=O) groups excluding carboxylic acids is 1. The van der Waals surface area contributed by atoms with Crippen molar-refractivity contribution in [3.63, 3.8) is 0 Å². The highest BCUT2D eigenvalue weighted by Crippen LogP contribution is 2.31. The molecule has 7 heteroatoms. The van der Waals surface area contributed by atoms with Gasteiger partial charge in [0.25, 0.3) is 5.91 Å². The number of nitrogens with zero attached hydrogens (tertiary/aromatic N) is 2. The summed E-state index contributed by atoms with van der Waals surface area (Å²) in [5, 5.41) is 0. The quantitative estimate of drug-likeness (QED) is 0.848. The largest absolute Gasteiger partial charge is 0.448 e. The van der Waals surface area contributed by atoms with Gasteiger partial charge < -0.3 is 24.5 Å². The zero-order valence-corrected chi connectivity index (χ0v) is 11.3. The molecule has 7 nitrogen and oxygen atoms in total. The fourth-order valence-corrected chi connectivity index (χ4v) is 2.65. The van der Waals surface area contributed by atoms with Crippen molar-refractivity contribution in [3.8, 4) is 0 Å². The minimum Gasteiger partial charge on any atom is -0.448 e. The second-order valence-electron chi connectivity index (χ2n) is 5.06. The lowest BCUT2D eigenvalue weighted by Gasteiger charge is -2.37. The Bertz CT molecular complexity index is 472. The van der Waals surface area contributed by atoms with Gasteiger partial charge in [-0.2, -0.15) is 0 Å². The molecule has 1 amide bonds. The summed E-state index contributed by atoms with van der Waals surface area (Å²) in [6, 6.07) is 0. The first-order chi connectivity index (χ1) is 9.72. The molecule has 3 rings (SSSR count). The molecule has 0 unspecified atom stereocenters. The summed E-state index contributed by atoms with van der Waals surface area (Å²) < 4.78 is 16.5. The molecule has 1 aromatic rings. The highest BCUT2D eigenvalue weighted by Gasteiger charge is 2.41. The van der Waals surface area contributed by atoms with Gasteiger partial charge in [0.1, 0.15) is 6.26 Å². The van der Waals surface area contributed by atoms with Crippen LogP contribution in [-0.4, -0.2) is 54.4 Å². The van der Waals surface area contributed by atoms with Gasteiger partial charge in [0.05, 0.1) is 13.2 Å². The van der Waals surface area contributed by atoms with Crippen LogP contribution >= 0.6 is 0 Å². The van der Waals surface area contributed by atoms with Gasteiger partial charge in [-0.25, -0.2) is 4.98 Å². The molecule has 2 aliphatic heterocycles. The molecule has 2 saturated heterocycles. The third kappa shape index (κ3) is 2.56. The van der Waals surface area contributed by atoms with E-state index in [4.69, 9.17) is 19.6 Å². The number of piperidine rings is 1. The molecule has 1 aromatic heterocycles. The van der Waals surface area contributed by atoms with E-state index in [0.717, 1.165) is 0 Å². The number of ether oxygens (including phenoxy) is 2. The van der Waals surface area contributed by atoms with Gasteiger partial charge in [0.15, 0.2) is 17.4 Å². The number of oxazole rings is 1. The van der Waals surface area contributed by atoms with Gasteiger partial charge in [0.2, 0.25) is 0 Å². The van der Waals surface area contributed by atoms with Crippen LogP contribution in [0.1, 0.15) is 29.2 Å². The molecule has 2 fully saturated rings. The summed E-state index contributed by atoms with van der Waals surface area (Å²) in [7, 11) is 0. The molecule has 3 heterocycles. The Hall–Kier alpha value is -1.44. The molecule has 0 aliphatic carbocycles. The maximum Gasteiger partial charge on any atom is 0.275 e. The van der Waals surface area contributed by atoms with E-state index in [1.54, 1.807) is 4.90 Å². The molecule has 20 heavy (non-hydrogen) atoms. The second kappa shape index (κ2) is 5.51. The maximum absolute atomic E-state index is 12.3. The Morgan fingerprint density at radius 1 is 1.35 bits per heavy atom. The van der Waals surface area contributed by atoms with Gasteiger partial charge >= 0.3 is 0 Å². The van der Waals surface area contributed by atoms with Crippen LogP contribution in [0.2, 0.25) is 0 Å². The molecular formula is C13H19N3O4. The van der Waals surface area contributed by atoms with E-state index in [-0.39, 0.29) is 5.91 Å². The van der Waals surface area contributed by atoms with Crippen molar-refractivity contribution in [1.29, 1.82) is 0 Å². The molecular weight excluding hydrogens is 262 g/mol. The average molecular weight is 281 g/mol. The Morgan fingerprint density at radius 2 is 2.05 bits per heavy atom. The molecule has 0 atom stereocenters. The van der Waals surface area contributed by atoms with Crippen LogP contribution in [0.5, 0.6) is 0 Å². The van der Waals surface area contributed by atoms with E-state index in [0.29, 0.717) is 63.7 Å². The molecule has 2 N–H and O–H groups in total. The number of aromatic nitrogens is 1. The second-order valence-corrected chi connectivity index (χ2v) is 5.06. The van der Waals surface area contributed by atoms with Gasteiger partial charge in [-0.3, -0.25) is 4.79 Å². The molecule has 0 bridgehead atoms. The van der Waals surface area contributed by atoms with Crippen LogP contribution < -0.4 is 5.73 Å². The van der Waals surface area contributed by atoms with Gasteiger partial charge in [-0.05, 0) is 0 Å². The van der Waals surface area contributed by atoms with Crippen molar-refractivity contribution in [3.05, 3.63) is 17.8 Å². The predicted octanol–water partition coefficient (Wildman–Crippen LogP) is 0.155. The third-order valence-electron chi connectivity index (χ3n) is 3.76. The first-order valence-electron chi connectivity index (χ1n) is 6.94. The van der Waals surface area contributed by atoms with Crippen molar-refractivity contribution < 1.29 is 18.7 Å². The van der Waals surface area contributed by atoms with E-state index in [1.807, 2.05) is 0 Å². The summed E-state index contributed by atoms with van der Waals surface area (Å²) in [5.41, 5.74) is 5.78. The van der Waals surface area contributed by atoms with Crippen LogP contribution in [0, 0.1) is 0 Å². The standard InChI is InChI=1S/C13H19N3O4/c14-4-1-11-15-10(9-18-11)12(17)16-5-2-13(3-6-16)19-7-8-20-13/h9H,1-8,14H2. The number of amides is 1. The minimum atomic E-state index is -0.467. The number of rotatable bonds is 3. The van der Waals surface area contributed by atoms with Crippen LogP contribution in [0.25, 0.3) is 0 Å². The Labute approximate surface area is 117 Å². The fraction of sp³-hybridized carbons (Fsp3) is 0.692. The predicted molar refractivity (Wildman–Crippen MR) is 69.0 cm³/mol. The summed E-state index contributed by atoms with van der Waals surface area (Å²) >= 11 is 0. The molecule has 0 saturated carbocycles. The van der Waals surface area contributed by atoms with Crippen molar-refractivity contribution >= 4 is 5.91 Å². The molecule has 1 spiro atoms. The summed E-state index contributed by atoms with van der Waals surface area (Å²) in [6.45, 7) is 2.95. The number of hydrogen-bond donors (Lipinski definition) is 1. The summed E-state index contributed by atoms with van der Waals surface area (Å²) in [4.78, 5) is 18.2. The number of nitrogens with two attached hydrogens (primary N) is 1. The molecule has 2 aliphatic rings. The van der Waals surface area contributed by atoms with Gasteiger partial charge in [-0.15, -0.1) is 0 Å². The van der Waals surface area contributed by atoms with Crippen molar-refractivity contribution in [2.75, 3.05) is 32.8 Å². The third-order valence-corrected chi connectivity index (χ3v) is 3.76. The number of carbonyl (C=O) groups is 1. The van der Waals surface area contributed by atoms with Crippen LogP contribution in [0.4, 0.5) is 0 Å². The van der Waals surface area contributed by atoms with E-state index in [2.05, 4.69) is 4.98 Å². The first kappa shape index (κ1) is 13.5. The van der Waals surface area contributed by atoms with Gasteiger partial charge in [0, 0.05) is 38.9 Å².